The van der Waals surface area contributed by atoms with Crippen molar-refractivity contribution in [1.82, 2.24) is 10.2 Å². The van der Waals surface area contributed by atoms with Crippen LogP contribution in [0.3, 0.4) is 0 Å². The van der Waals surface area contributed by atoms with Crippen LogP contribution in [0.25, 0.3) is 0 Å². The van der Waals surface area contributed by atoms with Crippen molar-refractivity contribution in [2.45, 2.75) is 56.6 Å². The fraction of sp³-hybridized carbons (Fsp3) is 0.406. The van der Waals surface area contributed by atoms with E-state index < -0.39 is 0 Å². The molecule has 0 saturated carbocycles. The van der Waals surface area contributed by atoms with Crippen LogP contribution in [0.15, 0.2) is 60.8 Å². The van der Waals surface area contributed by atoms with Gasteiger partial charge in [0.25, 0.3) is 0 Å². The average molecular weight is 594 g/mol. The molecule has 3 rings (SSSR count). The Bertz CT molecular complexity index is 1240. The molecule has 2 aromatic rings. The number of rotatable bonds is 17. The van der Waals surface area contributed by atoms with Crippen LogP contribution in [0.4, 0.5) is 5.69 Å². The predicted molar refractivity (Wildman–Crippen MR) is 170 cm³/mol. The summed E-state index contributed by atoms with van der Waals surface area (Å²) in [5.74, 6) is 7.31. The number of nitrogens with zero attached hydrogens (tertiary/aromatic N) is 1. The summed E-state index contributed by atoms with van der Waals surface area (Å²) < 4.78 is 0. The third kappa shape index (κ3) is 11.0. The quantitative estimate of drug-likeness (QED) is 0.103. The number of benzene rings is 2. The first-order valence-corrected chi connectivity index (χ1v) is 16.4. The van der Waals surface area contributed by atoms with Gasteiger partial charge in [-0.2, -0.15) is 0 Å². The Labute approximate surface area is 249 Å². The number of para-hydroxylation sites is 1. The van der Waals surface area contributed by atoms with Gasteiger partial charge < -0.3 is 20.4 Å². The lowest BCUT2D eigenvalue weighted by molar-refractivity contribution is -0.127. The number of thioether (sulfide) groups is 1. The summed E-state index contributed by atoms with van der Waals surface area (Å²) in [6.45, 7) is 4.97. The molecule has 0 radical (unpaired) electrons. The van der Waals surface area contributed by atoms with Crippen LogP contribution in [-0.4, -0.2) is 58.3 Å². The molecule has 1 heterocycles. The second-order valence-corrected chi connectivity index (χ2v) is 12.0. The van der Waals surface area contributed by atoms with E-state index in [4.69, 9.17) is 4.89 Å². The van der Waals surface area contributed by atoms with Crippen LogP contribution < -0.4 is 10.6 Å². The predicted octanol–water partition coefficient (Wildman–Crippen LogP) is 5.09. The van der Waals surface area contributed by atoms with Crippen molar-refractivity contribution in [2.24, 2.45) is 0 Å². The molecule has 7 nitrogen and oxygen atoms in total. The molecule has 0 aromatic heterocycles. The standard InChI is InChI=1S/C32H40N3O4PS/c1-25-23-30(41-22-9-3-2-8-21-40-39)32(38)35(25)20-18-31(37)33-19-10-14-26-11-4-5-12-27(26)16-17-28-13-6-7-15-29(28)34-24-36/h4-7,11-13,15,24,30,39-40H,1-3,8-10,14,18-23H2,(H,33,37)(H,34,36). The first kappa shape index (κ1) is 32.4. The van der Waals surface area contributed by atoms with E-state index in [1.54, 1.807) is 16.7 Å². The first-order chi connectivity index (χ1) is 20.0. The number of nitrogens with one attached hydrogen (secondary N) is 2. The third-order valence-electron chi connectivity index (χ3n) is 6.84. The summed E-state index contributed by atoms with van der Waals surface area (Å²) in [6.07, 6.45) is 8.35. The molecule has 2 atom stereocenters. The highest BCUT2D eigenvalue weighted by Gasteiger charge is 2.34. The Morgan fingerprint density at radius 2 is 1.80 bits per heavy atom. The molecule has 218 valence electrons. The Balaban J connectivity index is 1.38. The van der Waals surface area contributed by atoms with Crippen molar-refractivity contribution >= 4 is 44.5 Å². The molecule has 41 heavy (non-hydrogen) atoms. The number of likely N-dealkylation sites (tertiary alicyclic amines) is 1. The Morgan fingerprint density at radius 1 is 1.07 bits per heavy atom. The highest BCUT2D eigenvalue weighted by molar-refractivity contribution is 8.00. The van der Waals surface area contributed by atoms with Gasteiger partial charge in [-0.15, -0.1) is 11.8 Å². The summed E-state index contributed by atoms with van der Waals surface area (Å²) in [5, 5.41) is 5.56. The second-order valence-electron chi connectivity index (χ2n) is 9.86. The molecular formula is C32H40N3O4PS. The topological polar surface area (TPSA) is 98.7 Å². The van der Waals surface area contributed by atoms with Gasteiger partial charge in [-0.3, -0.25) is 14.4 Å². The van der Waals surface area contributed by atoms with E-state index in [2.05, 4.69) is 29.1 Å². The summed E-state index contributed by atoms with van der Waals surface area (Å²) in [7, 11) is 0.0432. The van der Waals surface area contributed by atoms with Crippen molar-refractivity contribution in [2.75, 3.05) is 30.3 Å². The van der Waals surface area contributed by atoms with E-state index in [1.807, 2.05) is 48.5 Å². The largest absolute Gasteiger partial charge is 0.377 e. The molecule has 0 spiro atoms. The van der Waals surface area contributed by atoms with Crippen LogP contribution in [0.1, 0.15) is 61.6 Å². The van der Waals surface area contributed by atoms with E-state index in [9.17, 15) is 14.4 Å². The Morgan fingerprint density at radius 3 is 2.61 bits per heavy atom. The number of aryl methyl sites for hydroxylation is 1. The zero-order valence-corrected chi connectivity index (χ0v) is 25.3. The van der Waals surface area contributed by atoms with Gasteiger partial charge in [-0.05, 0) is 61.4 Å². The molecule has 1 aliphatic rings. The number of hydrogen-bond acceptors (Lipinski definition) is 5. The molecule has 1 saturated heterocycles. The minimum atomic E-state index is -0.0950. The summed E-state index contributed by atoms with van der Waals surface area (Å²) in [4.78, 5) is 46.7. The summed E-state index contributed by atoms with van der Waals surface area (Å²) in [5.41, 5.74) is 4.23. The minimum Gasteiger partial charge on any atom is -0.377 e. The van der Waals surface area contributed by atoms with Crippen molar-refractivity contribution in [1.29, 1.82) is 0 Å². The zero-order chi connectivity index (χ0) is 29.3. The SMILES string of the molecule is C=C1CC(SCCCCCCPO)C(=O)N1CCC(=O)NCCCc1ccccc1C#Cc1ccccc1NC=O. The highest BCUT2D eigenvalue weighted by atomic mass is 32.2. The Kier molecular flexibility index (Phi) is 14.5. The molecule has 3 N–H and O–H groups in total. The highest BCUT2D eigenvalue weighted by Crippen LogP contribution is 2.31. The summed E-state index contributed by atoms with van der Waals surface area (Å²) in [6, 6.07) is 15.3. The monoisotopic (exact) mass is 593 g/mol. The van der Waals surface area contributed by atoms with Gasteiger partial charge >= 0.3 is 0 Å². The summed E-state index contributed by atoms with van der Waals surface area (Å²) >= 11 is 1.69. The van der Waals surface area contributed by atoms with E-state index in [0.717, 1.165) is 72.8 Å². The number of carbonyl (C=O) groups is 3. The molecule has 3 amide bonds. The van der Waals surface area contributed by atoms with Crippen LogP contribution in [-0.2, 0) is 20.8 Å². The van der Waals surface area contributed by atoms with Crippen molar-refractivity contribution in [3.05, 3.63) is 77.5 Å². The van der Waals surface area contributed by atoms with Gasteiger partial charge in [0.05, 0.1) is 10.9 Å². The third-order valence-corrected chi connectivity index (χ3v) is 8.72. The van der Waals surface area contributed by atoms with Crippen LogP contribution >= 0.6 is 20.6 Å². The van der Waals surface area contributed by atoms with E-state index in [1.165, 1.54) is 0 Å². The lowest BCUT2D eigenvalue weighted by Crippen LogP contribution is -2.33. The first-order valence-electron chi connectivity index (χ1n) is 14.2. The van der Waals surface area contributed by atoms with Gasteiger partial charge in [0.1, 0.15) is 0 Å². The lowest BCUT2D eigenvalue weighted by Gasteiger charge is -2.17. The normalized spacial score (nSPS) is 14.8. The molecule has 9 heteroatoms. The van der Waals surface area contributed by atoms with Crippen molar-refractivity contribution < 1.29 is 19.3 Å². The van der Waals surface area contributed by atoms with E-state index in [0.29, 0.717) is 31.6 Å². The zero-order valence-electron chi connectivity index (χ0n) is 23.5. The minimum absolute atomic E-state index is 0.0432. The number of carbonyl (C=O) groups excluding carboxylic acids is 3. The molecule has 1 aliphatic heterocycles. The molecule has 0 bridgehead atoms. The molecule has 0 aliphatic carbocycles. The van der Waals surface area contributed by atoms with Gasteiger partial charge in [0, 0.05) is 51.6 Å². The van der Waals surface area contributed by atoms with Gasteiger partial charge in [0.2, 0.25) is 18.2 Å². The van der Waals surface area contributed by atoms with Gasteiger partial charge in [-0.25, -0.2) is 0 Å². The smallest absolute Gasteiger partial charge is 0.240 e. The number of amides is 3. The van der Waals surface area contributed by atoms with Gasteiger partial charge in [0.15, 0.2) is 0 Å². The maximum atomic E-state index is 12.8. The van der Waals surface area contributed by atoms with Crippen LogP contribution in [0.5, 0.6) is 0 Å². The molecule has 2 unspecified atom stereocenters. The molecule has 1 fully saturated rings. The average Bonchev–Trinajstić information content (AvgIpc) is 3.25. The van der Waals surface area contributed by atoms with E-state index >= 15 is 0 Å². The molecular weight excluding hydrogens is 553 g/mol. The number of unbranched alkanes of at least 4 members (excludes halogenated alkanes) is 3. The number of anilines is 1. The maximum Gasteiger partial charge on any atom is 0.240 e. The van der Waals surface area contributed by atoms with Crippen LogP contribution in [0.2, 0.25) is 0 Å². The van der Waals surface area contributed by atoms with Crippen molar-refractivity contribution in [3.63, 3.8) is 0 Å². The molecule has 2 aromatic carbocycles. The second kappa shape index (κ2) is 18.3. The van der Waals surface area contributed by atoms with E-state index in [-0.39, 0.29) is 32.3 Å². The lowest BCUT2D eigenvalue weighted by atomic mass is 10.0. The van der Waals surface area contributed by atoms with Gasteiger partial charge in [-0.1, -0.05) is 61.6 Å². The number of hydrogen-bond donors (Lipinski definition) is 3. The fourth-order valence-corrected chi connectivity index (χ4v) is 6.25. The van der Waals surface area contributed by atoms with Crippen molar-refractivity contribution in [3.8, 4) is 11.8 Å². The van der Waals surface area contributed by atoms with Crippen LogP contribution in [0, 0.1) is 11.8 Å². The number of allylic oxidation sites excluding steroid dienone is 1. The Hall–Kier alpha value is -3.11. The maximum absolute atomic E-state index is 12.8. The fourth-order valence-electron chi connectivity index (χ4n) is 4.61.